The second kappa shape index (κ2) is 5.93. The first-order chi connectivity index (χ1) is 11.9. The molecular weight excluding hydrogens is 322 g/mol. The molecule has 0 radical (unpaired) electrons. The summed E-state index contributed by atoms with van der Waals surface area (Å²) in [6.45, 7) is 4.78. The molecule has 5 rings (SSSR count). The summed E-state index contributed by atoms with van der Waals surface area (Å²) in [6, 6.07) is 5.04. The van der Waals surface area contributed by atoms with Gasteiger partial charge in [-0.15, -0.1) is 11.3 Å². The zero-order chi connectivity index (χ0) is 15.9. The van der Waals surface area contributed by atoms with Crippen molar-refractivity contribution in [2.75, 3.05) is 37.9 Å². The summed E-state index contributed by atoms with van der Waals surface area (Å²) in [7, 11) is 0. The van der Waals surface area contributed by atoms with E-state index in [1.807, 2.05) is 6.20 Å². The maximum absolute atomic E-state index is 5.55. The van der Waals surface area contributed by atoms with Crippen LogP contribution >= 0.6 is 11.3 Å². The number of benzene rings is 1. The molecule has 1 fully saturated rings. The number of anilines is 1. The third-order valence-electron chi connectivity index (χ3n) is 5.42. The first-order valence-corrected chi connectivity index (χ1v) is 9.55. The molecule has 6 heteroatoms. The third-order valence-corrected chi connectivity index (χ3v) is 6.25. The Morgan fingerprint density at radius 3 is 2.58 bits per heavy atom. The molecule has 24 heavy (non-hydrogen) atoms. The molecule has 0 spiro atoms. The SMILES string of the molecule is c1csc(N2CCN(C3CCc4cc5c(cc4C3)OCO5)CC2)n1. The molecule has 1 aliphatic carbocycles. The van der Waals surface area contributed by atoms with E-state index in [4.69, 9.17) is 9.47 Å². The number of thiazole rings is 1. The molecule has 0 bridgehead atoms. The molecular formula is C18H21N3O2S. The van der Waals surface area contributed by atoms with Gasteiger partial charge >= 0.3 is 0 Å². The van der Waals surface area contributed by atoms with Gasteiger partial charge in [0.15, 0.2) is 16.6 Å². The fourth-order valence-corrected chi connectivity index (χ4v) is 4.79. The van der Waals surface area contributed by atoms with E-state index in [1.54, 1.807) is 11.3 Å². The van der Waals surface area contributed by atoms with Crippen LogP contribution in [0.25, 0.3) is 0 Å². The Bertz CT molecular complexity index is 726. The number of aromatic nitrogens is 1. The number of piperazine rings is 1. The van der Waals surface area contributed by atoms with E-state index < -0.39 is 0 Å². The number of ether oxygens (including phenoxy) is 2. The largest absolute Gasteiger partial charge is 0.454 e. The minimum atomic E-state index is 0.361. The maximum atomic E-state index is 5.55. The summed E-state index contributed by atoms with van der Waals surface area (Å²) in [5, 5.41) is 3.22. The van der Waals surface area contributed by atoms with Gasteiger partial charge < -0.3 is 14.4 Å². The minimum absolute atomic E-state index is 0.361. The number of nitrogens with zero attached hydrogens (tertiary/aromatic N) is 3. The van der Waals surface area contributed by atoms with E-state index in [0.29, 0.717) is 12.8 Å². The van der Waals surface area contributed by atoms with Gasteiger partial charge in [-0.3, -0.25) is 4.90 Å². The monoisotopic (exact) mass is 343 g/mol. The van der Waals surface area contributed by atoms with Gasteiger partial charge in [-0.2, -0.15) is 0 Å². The Morgan fingerprint density at radius 2 is 1.83 bits per heavy atom. The smallest absolute Gasteiger partial charge is 0.231 e. The van der Waals surface area contributed by atoms with Crippen LogP contribution in [0.2, 0.25) is 0 Å². The Balaban J connectivity index is 1.26. The summed E-state index contributed by atoms with van der Waals surface area (Å²) in [5.74, 6) is 1.84. The number of hydrogen-bond donors (Lipinski definition) is 0. The molecule has 1 aromatic heterocycles. The molecule has 126 valence electrons. The Labute approximate surface area is 145 Å². The number of fused-ring (bicyclic) bond motifs is 2. The van der Waals surface area contributed by atoms with Gasteiger partial charge in [0.1, 0.15) is 0 Å². The summed E-state index contributed by atoms with van der Waals surface area (Å²) in [5.41, 5.74) is 2.88. The van der Waals surface area contributed by atoms with Crippen molar-refractivity contribution in [2.45, 2.75) is 25.3 Å². The van der Waals surface area contributed by atoms with Crippen LogP contribution in [0.5, 0.6) is 11.5 Å². The van der Waals surface area contributed by atoms with Crippen LogP contribution in [0, 0.1) is 0 Å². The lowest BCUT2D eigenvalue weighted by Gasteiger charge is -2.41. The molecule has 1 aromatic carbocycles. The second-order valence-corrected chi connectivity index (χ2v) is 7.58. The van der Waals surface area contributed by atoms with E-state index in [9.17, 15) is 0 Å². The molecule has 5 nitrogen and oxygen atoms in total. The van der Waals surface area contributed by atoms with Crippen LogP contribution in [-0.2, 0) is 12.8 Å². The fraction of sp³-hybridized carbons (Fsp3) is 0.500. The second-order valence-electron chi connectivity index (χ2n) is 6.71. The average molecular weight is 343 g/mol. The van der Waals surface area contributed by atoms with Crippen LogP contribution in [0.15, 0.2) is 23.7 Å². The van der Waals surface area contributed by atoms with Gasteiger partial charge in [0.25, 0.3) is 0 Å². The lowest BCUT2D eigenvalue weighted by atomic mass is 9.87. The number of aryl methyl sites for hydroxylation is 1. The first-order valence-electron chi connectivity index (χ1n) is 8.67. The highest BCUT2D eigenvalue weighted by Crippen LogP contribution is 2.38. The van der Waals surface area contributed by atoms with Crippen molar-refractivity contribution in [3.05, 3.63) is 34.8 Å². The topological polar surface area (TPSA) is 37.8 Å². The Kier molecular flexibility index (Phi) is 3.60. The van der Waals surface area contributed by atoms with E-state index in [2.05, 4.69) is 32.3 Å². The third kappa shape index (κ3) is 2.54. The zero-order valence-electron chi connectivity index (χ0n) is 13.6. The van der Waals surface area contributed by atoms with Crippen LogP contribution in [0.3, 0.4) is 0 Å². The van der Waals surface area contributed by atoms with Crippen LogP contribution in [-0.4, -0.2) is 48.9 Å². The maximum Gasteiger partial charge on any atom is 0.231 e. The highest BCUT2D eigenvalue weighted by atomic mass is 32.1. The molecule has 1 atom stereocenters. The van der Waals surface area contributed by atoms with Gasteiger partial charge in [0.05, 0.1) is 0 Å². The molecule has 3 heterocycles. The van der Waals surface area contributed by atoms with Crippen molar-refractivity contribution in [3.63, 3.8) is 0 Å². The summed E-state index contributed by atoms with van der Waals surface area (Å²) in [4.78, 5) is 9.52. The van der Waals surface area contributed by atoms with E-state index >= 15 is 0 Å². The summed E-state index contributed by atoms with van der Waals surface area (Å²) < 4.78 is 11.1. The van der Waals surface area contributed by atoms with Gasteiger partial charge in [-0.25, -0.2) is 4.98 Å². The van der Waals surface area contributed by atoms with Gasteiger partial charge in [-0.05, 0) is 42.5 Å². The standard InChI is InChI=1S/C18H21N3O2S/c1-2-15(9-14-11-17-16(10-13(1)14)22-12-23-17)20-4-6-21(7-5-20)18-19-3-8-24-18/h3,8,10-11,15H,1-2,4-7,9,12H2. The van der Waals surface area contributed by atoms with Crippen LogP contribution in [0.1, 0.15) is 17.5 Å². The molecule has 1 saturated heterocycles. The van der Waals surface area contributed by atoms with E-state index in [-0.39, 0.29) is 0 Å². The molecule has 0 saturated carbocycles. The van der Waals surface area contributed by atoms with Crippen molar-refractivity contribution in [3.8, 4) is 11.5 Å². The van der Waals surface area contributed by atoms with Crippen LogP contribution < -0.4 is 14.4 Å². The number of hydrogen-bond acceptors (Lipinski definition) is 6. The van der Waals surface area contributed by atoms with Gasteiger partial charge in [-0.1, -0.05) is 0 Å². The average Bonchev–Trinajstić information content (AvgIpc) is 3.31. The highest BCUT2D eigenvalue weighted by molar-refractivity contribution is 7.13. The van der Waals surface area contributed by atoms with Crippen molar-refractivity contribution in [1.29, 1.82) is 0 Å². The Hall–Kier alpha value is -1.79. The highest BCUT2D eigenvalue weighted by Gasteiger charge is 2.29. The molecule has 0 N–H and O–H groups in total. The lowest BCUT2D eigenvalue weighted by Crippen LogP contribution is -2.51. The van der Waals surface area contributed by atoms with E-state index in [0.717, 1.165) is 55.7 Å². The first kappa shape index (κ1) is 14.5. The minimum Gasteiger partial charge on any atom is -0.454 e. The van der Waals surface area contributed by atoms with Gasteiger partial charge in [0, 0.05) is 43.8 Å². The van der Waals surface area contributed by atoms with Crippen molar-refractivity contribution in [2.24, 2.45) is 0 Å². The summed E-state index contributed by atoms with van der Waals surface area (Å²) >= 11 is 1.74. The quantitative estimate of drug-likeness (QED) is 0.838. The van der Waals surface area contributed by atoms with Crippen LogP contribution in [0.4, 0.5) is 5.13 Å². The fourth-order valence-electron chi connectivity index (χ4n) is 4.09. The molecule has 2 aromatic rings. The predicted octanol–water partition coefficient (Wildman–Crippen LogP) is 2.55. The summed E-state index contributed by atoms with van der Waals surface area (Å²) in [6.07, 6.45) is 5.41. The number of rotatable bonds is 2. The lowest BCUT2D eigenvalue weighted by molar-refractivity contribution is 0.170. The normalized spacial score (nSPS) is 23.3. The van der Waals surface area contributed by atoms with Crippen molar-refractivity contribution < 1.29 is 9.47 Å². The molecule has 2 aliphatic heterocycles. The zero-order valence-corrected chi connectivity index (χ0v) is 14.4. The molecule has 0 amide bonds. The predicted molar refractivity (Wildman–Crippen MR) is 94.3 cm³/mol. The van der Waals surface area contributed by atoms with Crippen molar-refractivity contribution in [1.82, 2.24) is 9.88 Å². The molecule has 3 aliphatic rings. The van der Waals surface area contributed by atoms with Gasteiger partial charge in [0.2, 0.25) is 6.79 Å². The van der Waals surface area contributed by atoms with E-state index in [1.165, 1.54) is 17.5 Å². The van der Waals surface area contributed by atoms with Crippen molar-refractivity contribution >= 4 is 16.5 Å². The molecule has 1 unspecified atom stereocenters. The Morgan fingerprint density at radius 1 is 1.04 bits per heavy atom.